The molecule has 0 heterocycles. The predicted octanol–water partition coefficient (Wildman–Crippen LogP) is 2.94. The van der Waals surface area contributed by atoms with Gasteiger partial charge >= 0.3 is 29.6 Å². The molecule has 1 N–H and O–H groups in total. The summed E-state index contributed by atoms with van der Waals surface area (Å²) in [5.41, 5.74) is 0. The molecular formula is C21H43NaO4S. The van der Waals surface area contributed by atoms with Crippen molar-refractivity contribution >= 4 is 10.1 Å². The van der Waals surface area contributed by atoms with Gasteiger partial charge in [-0.3, -0.25) is 0 Å². The molecule has 0 amide bonds. The van der Waals surface area contributed by atoms with Gasteiger partial charge in [0.1, 0.15) is 0 Å². The van der Waals surface area contributed by atoms with Gasteiger partial charge in [-0.15, -0.1) is 0 Å². The minimum absolute atomic E-state index is 0. The number of aliphatic hydroxyl groups excluding tert-OH is 1. The third kappa shape index (κ3) is 19.9. The van der Waals surface area contributed by atoms with Crippen molar-refractivity contribution in [3.8, 4) is 0 Å². The normalized spacial score (nSPS) is 13.9. The molecule has 0 aliphatic carbocycles. The molecule has 27 heavy (non-hydrogen) atoms. The predicted molar refractivity (Wildman–Crippen MR) is 109 cm³/mol. The summed E-state index contributed by atoms with van der Waals surface area (Å²) < 4.78 is 34.4. The van der Waals surface area contributed by atoms with E-state index in [2.05, 4.69) is 6.92 Å². The molecule has 0 rings (SSSR count). The van der Waals surface area contributed by atoms with Crippen LogP contribution < -0.4 is 29.6 Å². The minimum atomic E-state index is -4.17. The van der Waals surface area contributed by atoms with Crippen molar-refractivity contribution in [2.45, 2.75) is 134 Å². The van der Waals surface area contributed by atoms with E-state index in [1.54, 1.807) is 0 Å². The van der Waals surface area contributed by atoms with Crippen LogP contribution in [-0.4, -0.2) is 29.4 Å². The van der Waals surface area contributed by atoms with Gasteiger partial charge in [0.05, 0.1) is 16.2 Å². The molecule has 0 spiro atoms. The summed E-state index contributed by atoms with van der Waals surface area (Å²) in [6.45, 7) is 4.19. The first kappa shape index (κ1) is 30.1. The van der Waals surface area contributed by atoms with Gasteiger partial charge in [0.25, 0.3) is 0 Å². The van der Waals surface area contributed by atoms with Gasteiger partial charge in [0.2, 0.25) is 0 Å². The maximum absolute atomic E-state index is 11.5. The first-order valence-electron chi connectivity index (χ1n) is 11.0. The second-order valence-electron chi connectivity index (χ2n) is 7.79. The van der Waals surface area contributed by atoms with E-state index in [-0.39, 0.29) is 35.7 Å². The summed E-state index contributed by atoms with van der Waals surface area (Å²) in [7, 11) is -4.17. The molecule has 0 fully saturated rings. The molecule has 2 unspecified atom stereocenters. The zero-order chi connectivity index (χ0) is 19.7. The Balaban J connectivity index is 0. The molecule has 0 saturated heterocycles. The number of hydrogen-bond donors (Lipinski definition) is 1. The van der Waals surface area contributed by atoms with Crippen molar-refractivity contribution in [2.75, 3.05) is 0 Å². The number of unbranched alkanes of at least 4 members (excludes halogenated alkanes) is 11. The van der Waals surface area contributed by atoms with Gasteiger partial charge in [-0.2, -0.15) is 0 Å². The van der Waals surface area contributed by atoms with Gasteiger partial charge in [0.15, 0.2) is 0 Å². The topological polar surface area (TPSA) is 77.4 Å². The average Bonchev–Trinajstić information content (AvgIpc) is 2.59. The molecule has 0 saturated carbocycles. The second kappa shape index (κ2) is 20.2. The van der Waals surface area contributed by atoms with Crippen LogP contribution in [0.5, 0.6) is 0 Å². The Hall–Kier alpha value is 0.870. The fourth-order valence-corrected chi connectivity index (χ4v) is 4.34. The Bertz CT molecular complexity index is 401. The van der Waals surface area contributed by atoms with Crippen molar-refractivity contribution in [3.05, 3.63) is 0 Å². The van der Waals surface area contributed by atoms with E-state index in [4.69, 9.17) is 0 Å². The first-order chi connectivity index (χ1) is 12.4. The zero-order valence-electron chi connectivity index (χ0n) is 18.3. The molecule has 0 aromatic carbocycles. The Morgan fingerprint density at radius 3 is 1.44 bits per heavy atom. The smallest absolute Gasteiger partial charge is 0.748 e. The first-order valence-corrected chi connectivity index (χ1v) is 12.5. The van der Waals surface area contributed by atoms with Gasteiger partial charge in [0, 0.05) is 5.25 Å². The minimum Gasteiger partial charge on any atom is -0.748 e. The van der Waals surface area contributed by atoms with Crippen molar-refractivity contribution in [1.29, 1.82) is 0 Å². The van der Waals surface area contributed by atoms with Gasteiger partial charge in [-0.05, 0) is 25.7 Å². The molecule has 0 aromatic heterocycles. The van der Waals surface area contributed by atoms with E-state index in [0.29, 0.717) is 12.8 Å². The summed E-state index contributed by atoms with van der Waals surface area (Å²) in [5.74, 6) is 0. The summed E-state index contributed by atoms with van der Waals surface area (Å²) in [4.78, 5) is 0. The van der Waals surface area contributed by atoms with Crippen LogP contribution >= 0.6 is 0 Å². The van der Waals surface area contributed by atoms with E-state index in [9.17, 15) is 18.1 Å². The van der Waals surface area contributed by atoms with E-state index in [1.807, 2.05) is 6.92 Å². The van der Waals surface area contributed by atoms with Crippen molar-refractivity contribution in [3.63, 3.8) is 0 Å². The molecule has 0 aliphatic heterocycles. The fourth-order valence-electron chi connectivity index (χ4n) is 3.43. The van der Waals surface area contributed by atoms with Crippen LogP contribution in [-0.2, 0) is 10.1 Å². The van der Waals surface area contributed by atoms with Crippen LogP contribution in [0.15, 0.2) is 0 Å². The fraction of sp³-hybridized carbons (Fsp3) is 1.00. The third-order valence-corrected chi connectivity index (χ3v) is 6.61. The van der Waals surface area contributed by atoms with Crippen molar-refractivity contribution < 1.29 is 47.6 Å². The van der Waals surface area contributed by atoms with E-state index < -0.39 is 15.4 Å². The Kier molecular flexibility index (Phi) is 22.4. The average molecular weight is 415 g/mol. The Labute approximate surface area is 191 Å². The summed E-state index contributed by atoms with van der Waals surface area (Å²) in [6.07, 6.45) is 16.9. The monoisotopic (exact) mass is 414 g/mol. The van der Waals surface area contributed by atoms with E-state index in [0.717, 1.165) is 57.8 Å². The molecule has 2 atom stereocenters. The molecular weight excluding hydrogens is 371 g/mol. The Morgan fingerprint density at radius 1 is 0.704 bits per heavy atom. The maximum atomic E-state index is 11.5. The van der Waals surface area contributed by atoms with Crippen LogP contribution in [0.2, 0.25) is 0 Å². The van der Waals surface area contributed by atoms with Crippen molar-refractivity contribution in [1.82, 2.24) is 0 Å². The SMILES string of the molecule is CCCCCCCCCCCC(CCCCCCC(O)CC)S(=O)(=O)[O-].[Na+]. The van der Waals surface area contributed by atoms with Crippen LogP contribution in [0.4, 0.5) is 0 Å². The molecule has 4 nitrogen and oxygen atoms in total. The molecule has 0 aliphatic rings. The van der Waals surface area contributed by atoms with Crippen LogP contribution in [0.3, 0.4) is 0 Å². The van der Waals surface area contributed by atoms with Crippen LogP contribution in [0, 0.1) is 0 Å². The molecule has 0 aromatic rings. The van der Waals surface area contributed by atoms with Gasteiger partial charge < -0.3 is 9.66 Å². The summed E-state index contributed by atoms with van der Waals surface area (Å²) >= 11 is 0. The Morgan fingerprint density at radius 2 is 1.07 bits per heavy atom. The van der Waals surface area contributed by atoms with Gasteiger partial charge in [-0.1, -0.05) is 97.3 Å². The van der Waals surface area contributed by atoms with E-state index in [1.165, 1.54) is 38.5 Å². The van der Waals surface area contributed by atoms with Gasteiger partial charge in [-0.25, -0.2) is 8.42 Å². The largest absolute Gasteiger partial charge is 1.00 e. The zero-order valence-corrected chi connectivity index (χ0v) is 21.1. The third-order valence-electron chi connectivity index (χ3n) is 5.32. The maximum Gasteiger partial charge on any atom is 1.00 e. The standard InChI is InChI=1S/C21H44O4S.Na/c1-3-5-6-7-8-9-10-11-15-18-21(26(23,24)25)19-16-13-12-14-17-20(22)4-2;/h20-22H,3-19H2,1-2H3,(H,23,24,25);/q;+1/p-1. The number of aliphatic hydroxyl groups is 1. The quantitative estimate of drug-likeness (QED) is 0.200. The van der Waals surface area contributed by atoms with Crippen molar-refractivity contribution in [2.24, 2.45) is 0 Å². The molecule has 0 radical (unpaired) electrons. The number of rotatable bonds is 19. The molecule has 158 valence electrons. The summed E-state index contributed by atoms with van der Waals surface area (Å²) in [5, 5.41) is 8.80. The van der Waals surface area contributed by atoms with Crippen LogP contribution in [0.25, 0.3) is 0 Å². The van der Waals surface area contributed by atoms with E-state index >= 15 is 0 Å². The van der Waals surface area contributed by atoms with Crippen LogP contribution in [0.1, 0.15) is 123 Å². The molecule has 6 heteroatoms. The second-order valence-corrected chi connectivity index (χ2v) is 9.44. The molecule has 0 bridgehead atoms. The summed E-state index contributed by atoms with van der Waals surface area (Å²) in [6, 6.07) is 0. The number of hydrogen-bond acceptors (Lipinski definition) is 4.